The Bertz CT molecular complexity index is 184. The Hall–Kier alpha value is -0.610. The van der Waals surface area contributed by atoms with Crippen molar-refractivity contribution in [1.82, 2.24) is 5.32 Å². The fraction of sp³-hybridized carbons (Fsp3) is 0.857. The number of carbonyl (C=O) groups is 1. The van der Waals surface area contributed by atoms with E-state index < -0.39 is 19.0 Å². The van der Waals surface area contributed by atoms with E-state index in [1.54, 1.807) is 0 Å². The molecular formula is C7H16N2O2. The van der Waals surface area contributed by atoms with E-state index in [-0.39, 0.29) is 0 Å². The summed E-state index contributed by atoms with van der Waals surface area (Å²) in [5.41, 5.74) is 5.25. The van der Waals surface area contributed by atoms with Gasteiger partial charge in [-0.25, -0.2) is 0 Å². The summed E-state index contributed by atoms with van der Waals surface area (Å²) in [6, 6.07) is -0.845. The van der Waals surface area contributed by atoms with Gasteiger partial charge in [0.15, 0.2) is 0 Å². The van der Waals surface area contributed by atoms with Gasteiger partial charge in [0, 0.05) is 4.11 Å². The first-order valence-corrected chi connectivity index (χ1v) is 3.56. The molecule has 0 aromatic heterocycles. The van der Waals surface area contributed by atoms with Crippen molar-refractivity contribution in [2.24, 2.45) is 5.73 Å². The Labute approximate surface area is 71.0 Å². The Morgan fingerprint density at radius 2 is 2.55 bits per heavy atom. The summed E-state index contributed by atoms with van der Waals surface area (Å²) in [6.45, 7) is -1.77. The van der Waals surface area contributed by atoms with Crippen LogP contribution in [0.3, 0.4) is 0 Å². The Morgan fingerprint density at radius 3 is 3.09 bits per heavy atom. The predicted octanol–water partition coefficient (Wildman–Crippen LogP) is -0.212. The van der Waals surface area contributed by atoms with Crippen LogP contribution >= 0.6 is 0 Å². The predicted molar refractivity (Wildman–Crippen MR) is 43.4 cm³/mol. The van der Waals surface area contributed by atoms with Gasteiger partial charge >= 0.3 is 5.97 Å². The minimum Gasteiger partial charge on any atom is -0.480 e. The molecule has 0 radical (unpaired) electrons. The van der Waals surface area contributed by atoms with Crippen LogP contribution in [0.4, 0.5) is 0 Å². The molecule has 0 aliphatic heterocycles. The van der Waals surface area contributed by atoms with E-state index in [9.17, 15) is 4.79 Å². The number of unbranched alkanes of at least 4 members (excludes halogenated alkanes) is 1. The van der Waals surface area contributed by atoms with Crippen molar-refractivity contribution in [2.45, 2.75) is 25.3 Å². The van der Waals surface area contributed by atoms with Crippen LogP contribution in [-0.4, -0.2) is 30.6 Å². The lowest BCUT2D eigenvalue weighted by Gasteiger charge is -2.04. The van der Waals surface area contributed by atoms with E-state index in [4.69, 9.17) is 15.0 Å². The highest BCUT2D eigenvalue weighted by Gasteiger charge is 2.09. The van der Waals surface area contributed by atoms with Crippen LogP contribution in [0, 0.1) is 0 Å². The van der Waals surface area contributed by atoms with Crippen LogP contribution in [-0.2, 0) is 4.79 Å². The minimum atomic E-state index is -2.12. The third-order valence-electron chi connectivity index (χ3n) is 1.38. The first kappa shape index (κ1) is 5.97. The van der Waals surface area contributed by atoms with Gasteiger partial charge in [-0.05, 0) is 26.4 Å². The molecule has 0 aromatic rings. The molecule has 0 saturated heterocycles. The van der Waals surface area contributed by atoms with Crippen molar-refractivity contribution >= 4 is 5.97 Å². The first-order chi connectivity index (χ1) is 6.33. The summed E-state index contributed by atoms with van der Waals surface area (Å²) in [7, 11) is 0. The molecule has 11 heavy (non-hydrogen) atoms. The van der Waals surface area contributed by atoms with Gasteiger partial charge in [0.05, 0.1) is 0 Å². The van der Waals surface area contributed by atoms with Gasteiger partial charge in [-0.3, -0.25) is 4.79 Å². The standard InChI is InChI=1S/C7H16N2O2/c1-9-5-3-2-4-6(8)7(10)11/h6,9H,2-5,8H2,1H3,(H,10,11)/t6-/m0/s1/i1D3. The number of nitrogens with two attached hydrogens (primary N) is 1. The molecule has 4 nitrogen and oxygen atoms in total. The Morgan fingerprint density at radius 1 is 1.82 bits per heavy atom. The second-order valence-electron chi connectivity index (χ2n) is 2.37. The van der Waals surface area contributed by atoms with E-state index in [1.807, 2.05) is 0 Å². The molecule has 0 amide bonds. The van der Waals surface area contributed by atoms with Gasteiger partial charge in [-0.1, -0.05) is 6.42 Å². The summed E-state index contributed by atoms with van der Waals surface area (Å²) >= 11 is 0. The fourth-order valence-corrected chi connectivity index (χ4v) is 0.701. The number of hydrogen-bond acceptors (Lipinski definition) is 3. The Kier molecular flexibility index (Phi) is 3.32. The molecule has 0 aliphatic carbocycles. The summed E-state index contributed by atoms with van der Waals surface area (Å²) in [4.78, 5) is 10.3. The third kappa shape index (κ3) is 5.82. The molecule has 0 fully saturated rings. The van der Waals surface area contributed by atoms with Crippen LogP contribution in [0.15, 0.2) is 0 Å². The van der Waals surface area contributed by atoms with Gasteiger partial charge in [0.25, 0.3) is 0 Å². The molecule has 0 heterocycles. The average molecular weight is 163 g/mol. The van der Waals surface area contributed by atoms with Gasteiger partial charge in [-0.15, -0.1) is 0 Å². The number of aliphatic carboxylic acids is 1. The molecule has 4 heteroatoms. The van der Waals surface area contributed by atoms with Crippen LogP contribution in [0.5, 0.6) is 0 Å². The van der Waals surface area contributed by atoms with Gasteiger partial charge in [0.2, 0.25) is 0 Å². The van der Waals surface area contributed by atoms with Gasteiger partial charge in [-0.2, -0.15) is 0 Å². The molecule has 0 saturated carbocycles. The molecule has 0 unspecified atom stereocenters. The molecule has 66 valence electrons. The smallest absolute Gasteiger partial charge is 0.320 e. The number of carboxylic acids is 1. The minimum absolute atomic E-state index is 0.350. The SMILES string of the molecule is [2H]C([2H])([2H])NCCCC[C@H](N)C(=O)O. The number of carboxylic acid groups (broad SMARTS) is 1. The van der Waals surface area contributed by atoms with Gasteiger partial charge in [0.1, 0.15) is 6.04 Å². The lowest BCUT2D eigenvalue weighted by Crippen LogP contribution is -2.29. The molecule has 0 aromatic carbocycles. The van der Waals surface area contributed by atoms with Crippen LogP contribution in [0.2, 0.25) is 0 Å². The zero-order valence-electron chi connectivity index (χ0n) is 9.34. The highest BCUT2D eigenvalue weighted by molar-refractivity contribution is 5.72. The van der Waals surface area contributed by atoms with Crippen molar-refractivity contribution in [3.8, 4) is 0 Å². The second-order valence-corrected chi connectivity index (χ2v) is 2.37. The van der Waals surface area contributed by atoms with Crippen LogP contribution in [0.25, 0.3) is 0 Å². The molecule has 0 bridgehead atoms. The number of nitrogens with one attached hydrogen (secondary N) is 1. The zero-order valence-corrected chi connectivity index (χ0v) is 6.34. The molecule has 0 rings (SSSR count). The van der Waals surface area contributed by atoms with Gasteiger partial charge < -0.3 is 16.2 Å². The molecule has 0 aliphatic rings. The lowest BCUT2D eigenvalue weighted by atomic mass is 10.1. The molecule has 4 N–H and O–H groups in total. The van der Waals surface area contributed by atoms with E-state index in [2.05, 4.69) is 5.32 Å². The van der Waals surface area contributed by atoms with E-state index in [1.165, 1.54) is 0 Å². The zero-order chi connectivity index (χ0) is 11.2. The largest absolute Gasteiger partial charge is 0.480 e. The molecular weight excluding hydrogens is 144 g/mol. The topological polar surface area (TPSA) is 75.3 Å². The molecule has 0 spiro atoms. The van der Waals surface area contributed by atoms with Crippen molar-refractivity contribution in [3.05, 3.63) is 0 Å². The summed E-state index contributed by atoms with van der Waals surface area (Å²) in [5, 5.41) is 10.8. The maximum absolute atomic E-state index is 10.3. The first-order valence-electron chi connectivity index (χ1n) is 5.06. The number of hydrogen-bond donors (Lipinski definition) is 3. The van der Waals surface area contributed by atoms with Crippen molar-refractivity contribution < 1.29 is 14.0 Å². The maximum Gasteiger partial charge on any atom is 0.320 e. The normalized spacial score (nSPS) is 18.1. The lowest BCUT2D eigenvalue weighted by molar-refractivity contribution is -0.138. The summed E-state index contributed by atoms with van der Waals surface area (Å²) in [5.74, 6) is -1.02. The van der Waals surface area contributed by atoms with E-state index in [0.29, 0.717) is 25.8 Å². The summed E-state index contributed by atoms with van der Waals surface area (Å²) in [6.07, 6.45) is 1.59. The van der Waals surface area contributed by atoms with Crippen molar-refractivity contribution in [2.75, 3.05) is 13.5 Å². The van der Waals surface area contributed by atoms with Crippen LogP contribution in [0.1, 0.15) is 23.4 Å². The quantitative estimate of drug-likeness (QED) is 0.473. The van der Waals surface area contributed by atoms with Crippen molar-refractivity contribution in [3.63, 3.8) is 0 Å². The highest BCUT2D eigenvalue weighted by Crippen LogP contribution is 1.97. The fourth-order valence-electron chi connectivity index (χ4n) is 0.701. The third-order valence-corrected chi connectivity index (χ3v) is 1.38. The average Bonchev–Trinajstić information content (AvgIpc) is 2.01. The molecule has 1 atom stereocenters. The number of rotatable bonds is 6. The summed E-state index contributed by atoms with van der Waals surface area (Å²) < 4.78 is 20.5. The monoisotopic (exact) mass is 163 g/mol. The second kappa shape index (κ2) is 6.12. The van der Waals surface area contributed by atoms with E-state index >= 15 is 0 Å². The van der Waals surface area contributed by atoms with Crippen molar-refractivity contribution in [1.29, 1.82) is 0 Å². The maximum atomic E-state index is 10.3. The Balaban J connectivity index is 3.35. The highest BCUT2D eigenvalue weighted by atomic mass is 16.4. The van der Waals surface area contributed by atoms with Crippen LogP contribution < -0.4 is 11.1 Å². The van der Waals surface area contributed by atoms with E-state index in [0.717, 1.165) is 0 Å².